The Morgan fingerprint density at radius 1 is 0.500 bits per heavy atom. The summed E-state index contributed by atoms with van der Waals surface area (Å²) >= 11 is 1.20. The third kappa shape index (κ3) is 9.73. The molecule has 0 saturated carbocycles. The van der Waals surface area contributed by atoms with Crippen LogP contribution in [0.4, 0.5) is 0 Å². The van der Waals surface area contributed by atoms with Gasteiger partial charge in [0.25, 0.3) is 0 Å². The van der Waals surface area contributed by atoms with Crippen molar-refractivity contribution in [2.45, 2.75) is 10.6 Å². The predicted octanol–water partition coefficient (Wildman–Crippen LogP) is 3.87. The molecule has 0 N–H and O–H groups in total. The van der Waals surface area contributed by atoms with Crippen molar-refractivity contribution in [2.24, 2.45) is 0 Å². The summed E-state index contributed by atoms with van der Waals surface area (Å²) in [6, 6.07) is 38.7. The summed E-state index contributed by atoms with van der Waals surface area (Å²) in [6.45, 7) is 0. The fourth-order valence-corrected chi connectivity index (χ4v) is 6.06. The molecule has 4 rings (SSSR count). The third-order valence-electron chi connectivity index (χ3n) is 3.76. The second kappa shape index (κ2) is 15.3. The first-order valence-electron chi connectivity index (χ1n) is 8.67. The van der Waals surface area contributed by atoms with Gasteiger partial charge in [0.2, 0.25) is 0 Å². The molecule has 0 saturated heterocycles. The fourth-order valence-electron chi connectivity index (χ4n) is 2.39. The van der Waals surface area contributed by atoms with Crippen molar-refractivity contribution >= 4 is 38.8 Å². The molecule has 0 aromatic heterocycles. The molecule has 4 heteroatoms. The molecule has 0 unspecified atom stereocenters. The van der Waals surface area contributed by atoms with Gasteiger partial charge in [0.05, 0.1) is 0 Å². The average Bonchev–Trinajstić information content (AvgIpc) is 3.41. The molecule has 0 aliphatic rings. The van der Waals surface area contributed by atoms with Gasteiger partial charge in [-0.3, -0.25) is 0 Å². The van der Waals surface area contributed by atoms with Crippen LogP contribution in [-0.2, 0) is 48.8 Å². The Labute approximate surface area is 206 Å². The Hall–Kier alpha value is -0.613. The van der Waals surface area contributed by atoms with Crippen LogP contribution in [0.5, 0.6) is 0 Å². The normalized spacial score (nSPS) is 9.43. The summed E-state index contributed by atoms with van der Waals surface area (Å²) in [5.41, 5.74) is 2.90. The van der Waals surface area contributed by atoms with Gasteiger partial charge in [-0.15, -0.1) is 0 Å². The van der Waals surface area contributed by atoms with Gasteiger partial charge in [0.15, 0.2) is 0 Å². The van der Waals surface area contributed by atoms with Gasteiger partial charge in [-0.1, -0.05) is 0 Å². The van der Waals surface area contributed by atoms with E-state index in [4.69, 9.17) is 0 Å². The Kier molecular flexibility index (Phi) is 13.9. The molecule has 0 fully saturated rings. The van der Waals surface area contributed by atoms with E-state index in [2.05, 4.69) is 109 Å². The minimum absolute atomic E-state index is 0. The van der Waals surface area contributed by atoms with E-state index in [1.54, 1.807) is 0 Å². The van der Waals surface area contributed by atoms with Crippen LogP contribution in [0.15, 0.2) is 109 Å². The molecule has 148 valence electrons. The van der Waals surface area contributed by atoms with E-state index in [-0.39, 0.29) is 38.1 Å². The Balaban J connectivity index is 0.000000261. The Morgan fingerprint density at radius 2 is 0.821 bits per heavy atom. The van der Waals surface area contributed by atoms with Crippen LogP contribution in [0.1, 0.15) is 11.1 Å². The van der Waals surface area contributed by atoms with Crippen LogP contribution in [0.25, 0.3) is 0 Å². The van der Waals surface area contributed by atoms with Crippen LogP contribution in [-0.4, -0.2) is 29.9 Å². The molecule has 4 aromatic rings. The molecule has 0 amide bonds. The molecule has 0 spiro atoms. The van der Waals surface area contributed by atoms with Crippen LogP contribution >= 0.6 is 0 Å². The molecule has 0 bridgehead atoms. The van der Waals surface area contributed by atoms with Gasteiger partial charge in [0, 0.05) is 21.1 Å². The van der Waals surface area contributed by atoms with Crippen LogP contribution in [0, 0.1) is 0 Å². The van der Waals surface area contributed by atoms with Crippen molar-refractivity contribution in [1.82, 2.24) is 0 Å². The molecule has 4 aromatic carbocycles. The molecule has 0 heterocycles. The van der Waals surface area contributed by atoms with Crippen LogP contribution in [0.2, 0.25) is 0 Å². The van der Waals surface area contributed by atoms with Crippen molar-refractivity contribution in [3.05, 3.63) is 120 Å². The predicted molar refractivity (Wildman–Crippen MR) is 115 cm³/mol. The summed E-state index contributed by atoms with van der Waals surface area (Å²) in [5.74, 6) is 0. The molecule has 0 nitrogen and oxygen atoms in total. The zero-order chi connectivity index (χ0) is 17.9. The van der Waals surface area contributed by atoms with E-state index in [9.17, 15) is 0 Å². The Bertz CT molecular complexity index is 755. The summed E-state index contributed by atoms with van der Waals surface area (Å²) in [7, 11) is 0. The van der Waals surface area contributed by atoms with E-state index in [0.717, 1.165) is 0 Å². The number of hydrogen-bond acceptors (Lipinski definition) is 0. The molecular formula is C24H22FePtSe2. The summed E-state index contributed by atoms with van der Waals surface area (Å²) in [5, 5.41) is 2.41. The molecule has 28 heavy (non-hydrogen) atoms. The van der Waals surface area contributed by atoms with Crippen molar-refractivity contribution in [1.29, 1.82) is 0 Å². The average molecular weight is 719 g/mol. The second-order valence-electron chi connectivity index (χ2n) is 5.79. The number of rotatable bonds is 6. The fraction of sp³-hybridized carbons (Fsp3) is 0.0833. The van der Waals surface area contributed by atoms with E-state index in [1.807, 2.05) is 0 Å². The van der Waals surface area contributed by atoms with Gasteiger partial charge in [-0.25, -0.2) is 0 Å². The molecule has 0 radical (unpaired) electrons. The van der Waals surface area contributed by atoms with Crippen molar-refractivity contribution in [3.8, 4) is 0 Å². The monoisotopic (exact) mass is 721 g/mol. The topological polar surface area (TPSA) is 0 Å². The van der Waals surface area contributed by atoms with E-state index in [0.29, 0.717) is 29.9 Å². The van der Waals surface area contributed by atoms with Gasteiger partial charge < -0.3 is 0 Å². The molecule has 0 atom stereocenters. The first-order chi connectivity index (χ1) is 12.9. The van der Waals surface area contributed by atoms with Crippen molar-refractivity contribution in [2.75, 3.05) is 0 Å². The van der Waals surface area contributed by atoms with E-state index < -0.39 is 0 Å². The quantitative estimate of drug-likeness (QED) is 0.210. The molecular weight excluding hydrogens is 697 g/mol. The summed E-state index contributed by atoms with van der Waals surface area (Å²) in [6.07, 6.45) is 0. The maximum atomic E-state index is 2.21. The standard InChI is InChI=1S/2C12H11Se.Fe.Pt/c2*1-2-6-11(7-3-1)10-13-12-8-4-5-9-12;;/h2*1-9H,10H2;;/q2*-1;+2;. The maximum absolute atomic E-state index is 2.21. The van der Waals surface area contributed by atoms with Gasteiger partial charge in [-0.05, 0) is 0 Å². The first kappa shape index (κ1) is 25.4. The van der Waals surface area contributed by atoms with Crippen molar-refractivity contribution in [3.63, 3.8) is 0 Å². The number of hydrogen-bond donors (Lipinski definition) is 0. The zero-order valence-corrected chi connectivity index (χ0v) is 22.1. The van der Waals surface area contributed by atoms with Crippen molar-refractivity contribution < 1.29 is 38.1 Å². The summed E-state index contributed by atoms with van der Waals surface area (Å²) in [4.78, 5) is 0. The Morgan fingerprint density at radius 3 is 1.14 bits per heavy atom. The zero-order valence-electron chi connectivity index (χ0n) is 15.3. The van der Waals surface area contributed by atoms with Gasteiger partial charge in [0.1, 0.15) is 0 Å². The van der Waals surface area contributed by atoms with Crippen LogP contribution in [0.3, 0.4) is 0 Å². The first-order valence-corrected chi connectivity index (χ1v) is 12.8. The molecule has 0 aliphatic carbocycles. The van der Waals surface area contributed by atoms with E-state index in [1.165, 1.54) is 30.7 Å². The van der Waals surface area contributed by atoms with Crippen LogP contribution < -0.4 is 8.92 Å². The molecule has 0 aliphatic heterocycles. The van der Waals surface area contributed by atoms with Gasteiger partial charge in [-0.2, -0.15) is 0 Å². The minimum atomic E-state index is 0. The summed E-state index contributed by atoms with van der Waals surface area (Å²) < 4.78 is 2.99. The van der Waals surface area contributed by atoms with E-state index >= 15 is 0 Å². The SMILES string of the molecule is [Fe+2].[Pt].c1ccc(C[Se][c-]2cccc2)cc1.c1ccc(C[Se][c-]2cccc2)cc1. The second-order valence-corrected chi connectivity index (χ2v) is 10.2. The third-order valence-corrected chi connectivity index (χ3v) is 8.31. The van der Waals surface area contributed by atoms with Gasteiger partial charge >= 0.3 is 187 Å². The number of benzene rings is 2.